The largest absolute Gasteiger partial charge is 2.00 e. The SMILES string of the molecule is O.O.O.O.O.OB(O)O.[Ca+2].[H-].[H-]. The molecule has 0 unspecified atom stereocenters. The molecule has 0 amide bonds. The third kappa shape index (κ3) is 572. The Labute approximate surface area is 90.2 Å². The minimum absolute atomic E-state index is 0. The van der Waals surface area contributed by atoms with Gasteiger partial charge >= 0.3 is 45.1 Å². The van der Waals surface area contributed by atoms with Crippen molar-refractivity contribution >= 4 is 45.1 Å². The second-order valence-electron chi connectivity index (χ2n) is 0.346. The second kappa shape index (κ2) is 50.6. The molecule has 0 spiro atoms. The summed E-state index contributed by atoms with van der Waals surface area (Å²) in [7, 11) is -2.17. The van der Waals surface area contributed by atoms with Crippen LogP contribution in [0.5, 0.6) is 0 Å². The fourth-order valence-corrected chi connectivity index (χ4v) is 0. The molecule has 0 rings (SSSR count). The fourth-order valence-electron chi connectivity index (χ4n) is 0. The predicted molar refractivity (Wildman–Crippen MR) is 38.5 cm³/mol. The quantitative estimate of drug-likeness (QED) is 0.320. The molecule has 0 heterocycles. The molecule has 8 nitrogen and oxygen atoms in total. The van der Waals surface area contributed by atoms with Crippen molar-refractivity contribution in [2.45, 2.75) is 0 Å². The summed E-state index contributed by atoms with van der Waals surface area (Å²) < 4.78 is 0. The minimum atomic E-state index is -2.17. The predicted octanol–water partition coefficient (Wildman–Crippen LogP) is -6.33. The van der Waals surface area contributed by atoms with Gasteiger partial charge in [0.2, 0.25) is 0 Å². The van der Waals surface area contributed by atoms with Crippen LogP contribution in [0.3, 0.4) is 0 Å². The summed E-state index contributed by atoms with van der Waals surface area (Å²) in [5, 5.41) is 21.5. The molecule has 10 heteroatoms. The van der Waals surface area contributed by atoms with E-state index in [4.69, 9.17) is 15.1 Å². The van der Waals surface area contributed by atoms with Crippen LogP contribution in [0, 0.1) is 0 Å². The van der Waals surface area contributed by atoms with E-state index >= 15 is 0 Å². The first-order valence-electron chi connectivity index (χ1n) is 0.775. The molecule has 0 aliphatic rings. The van der Waals surface area contributed by atoms with Crippen molar-refractivity contribution in [3.63, 3.8) is 0 Å². The first-order chi connectivity index (χ1) is 1.73. The topological polar surface area (TPSA) is 218 Å². The molecule has 0 saturated carbocycles. The molecule has 0 fully saturated rings. The third-order valence-corrected chi connectivity index (χ3v) is 0. The maximum Gasteiger partial charge on any atom is 2.00 e. The molecule has 0 aromatic heterocycles. The summed E-state index contributed by atoms with van der Waals surface area (Å²) in [4.78, 5) is 0. The zero-order valence-electron chi connectivity index (χ0n) is 7.13. The average Bonchev–Trinajstić information content (AvgIpc) is 0.811. The Morgan fingerprint density at radius 1 is 0.700 bits per heavy atom. The van der Waals surface area contributed by atoms with Crippen LogP contribution in [-0.4, -0.2) is 87.5 Å². The van der Waals surface area contributed by atoms with Crippen LogP contribution in [0.15, 0.2) is 0 Å². The van der Waals surface area contributed by atoms with Crippen molar-refractivity contribution in [2.24, 2.45) is 0 Å². The van der Waals surface area contributed by atoms with Crippen molar-refractivity contribution in [3.05, 3.63) is 0 Å². The first-order valence-corrected chi connectivity index (χ1v) is 0.775. The monoisotopic (exact) mass is 194 g/mol. The third-order valence-electron chi connectivity index (χ3n) is 0. The van der Waals surface area contributed by atoms with E-state index in [-0.39, 0.29) is 68.0 Å². The van der Waals surface area contributed by atoms with Gasteiger partial charge in [-0.05, 0) is 0 Å². The van der Waals surface area contributed by atoms with Crippen LogP contribution in [-0.2, 0) is 0 Å². The van der Waals surface area contributed by atoms with E-state index in [1.54, 1.807) is 0 Å². The molecule has 0 bridgehead atoms. The normalized spacial score (nSPS) is 2.70. The Balaban J connectivity index is -0.00000000161. The Hall–Kier alpha value is 1.00. The second-order valence-corrected chi connectivity index (χ2v) is 0.346. The van der Waals surface area contributed by atoms with Crippen molar-refractivity contribution in [2.75, 3.05) is 0 Å². The van der Waals surface area contributed by atoms with Crippen LogP contribution in [0.2, 0.25) is 0 Å². The molecule has 10 heavy (non-hydrogen) atoms. The van der Waals surface area contributed by atoms with Gasteiger partial charge < -0.3 is 45.3 Å². The summed E-state index contributed by atoms with van der Waals surface area (Å²) >= 11 is 0. The van der Waals surface area contributed by atoms with Crippen LogP contribution < -0.4 is 0 Å². The van der Waals surface area contributed by atoms with Gasteiger partial charge in [-0.1, -0.05) is 0 Å². The average molecular weight is 194 g/mol. The van der Waals surface area contributed by atoms with E-state index in [2.05, 4.69) is 0 Å². The van der Waals surface area contributed by atoms with Gasteiger partial charge in [0, 0.05) is 0 Å². The number of hydrogen-bond acceptors (Lipinski definition) is 3. The van der Waals surface area contributed by atoms with Gasteiger partial charge in [-0.2, -0.15) is 0 Å². The van der Waals surface area contributed by atoms with Gasteiger partial charge in [0.15, 0.2) is 0 Å². The molecule has 0 aliphatic carbocycles. The van der Waals surface area contributed by atoms with Gasteiger partial charge in [-0.25, -0.2) is 0 Å². The van der Waals surface area contributed by atoms with Gasteiger partial charge in [0.25, 0.3) is 0 Å². The summed E-state index contributed by atoms with van der Waals surface area (Å²) in [5.74, 6) is 0. The van der Waals surface area contributed by atoms with E-state index in [0.717, 1.165) is 0 Å². The first kappa shape index (κ1) is 68.7. The minimum Gasteiger partial charge on any atom is -1.00 e. The Bertz CT molecular complexity index is 21.8. The molecule has 0 saturated heterocycles. The zero-order valence-corrected chi connectivity index (χ0v) is 7.33. The van der Waals surface area contributed by atoms with Crippen molar-refractivity contribution in [3.8, 4) is 0 Å². The Kier molecular flexibility index (Phi) is 347. The number of rotatable bonds is 0. The summed E-state index contributed by atoms with van der Waals surface area (Å²) in [6, 6.07) is 0. The van der Waals surface area contributed by atoms with Crippen molar-refractivity contribution in [1.29, 1.82) is 0 Å². The van der Waals surface area contributed by atoms with E-state index in [1.807, 2.05) is 0 Å². The molecular formula is H15BCaO8. The van der Waals surface area contributed by atoms with Crippen molar-refractivity contribution in [1.82, 2.24) is 0 Å². The molecule has 13 N–H and O–H groups in total. The summed E-state index contributed by atoms with van der Waals surface area (Å²) in [5.41, 5.74) is 0. The van der Waals surface area contributed by atoms with Gasteiger partial charge in [0.1, 0.15) is 0 Å². The van der Waals surface area contributed by atoms with E-state index in [1.165, 1.54) is 0 Å². The Morgan fingerprint density at radius 2 is 0.700 bits per heavy atom. The van der Waals surface area contributed by atoms with Gasteiger partial charge in [-0.3, -0.25) is 0 Å². The van der Waals surface area contributed by atoms with Crippen LogP contribution in [0.25, 0.3) is 0 Å². The van der Waals surface area contributed by atoms with Gasteiger partial charge in [0.05, 0.1) is 0 Å². The van der Waals surface area contributed by atoms with Gasteiger partial charge in [-0.15, -0.1) is 0 Å². The summed E-state index contributed by atoms with van der Waals surface area (Å²) in [6.07, 6.45) is 0. The van der Waals surface area contributed by atoms with Crippen LogP contribution in [0.4, 0.5) is 0 Å². The van der Waals surface area contributed by atoms with Crippen LogP contribution in [0.1, 0.15) is 2.85 Å². The Morgan fingerprint density at radius 3 is 0.700 bits per heavy atom. The van der Waals surface area contributed by atoms with Crippen LogP contribution >= 0.6 is 0 Å². The molecule has 0 aromatic rings. The van der Waals surface area contributed by atoms with E-state index < -0.39 is 7.32 Å². The maximum absolute atomic E-state index is 7.17. The molecule has 0 radical (unpaired) electrons. The van der Waals surface area contributed by atoms with Crippen molar-refractivity contribution < 1.29 is 45.3 Å². The molecule has 68 valence electrons. The van der Waals surface area contributed by atoms with E-state index in [9.17, 15) is 0 Å². The van der Waals surface area contributed by atoms with E-state index in [0.29, 0.717) is 0 Å². The smallest absolute Gasteiger partial charge is 1.00 e. The standard InChI is InChI=1S/BH3O3.Ca.5H2O.2H/c2-1(3)4;;;;;;;;/h2-4H;;5*1H2;;/q;+2;;;;;;2*-1. The summed E-state index contributed by atoms with van der Waals surface area (Å²) in [6.45, 7) is 0. The molecule has 0 aromatic carbocycles. The zero-order chi connectivity index (χ0) is 3.58. The fraction of sp³-hybridized carbons (Fsp3) is 0. The molecule has 0 aliphatic heterocycles. The maximum atomic E-state index is 7.17. The molecular weight excluding hydrogens is 179 g/mol. The molecule has 0 atom stereocenters. The number of hydrogen-bond donors (Lipinski definition) is 3.